The molecular weight excluding hydrogens is 212 g/mol. The molecule has 0 aliphatic heterocycles. The van der Waals surface area contributed by atoms with E-state index in [0.717, 1.165) is 11.3 Å². The van der Waals surface area contributed by atoms with Crippen molar-refractivity contribution in [3.8, 4) is 0 Å². The SMILES string of the molecule is Cc1cc(Cl)ccc1NC(=O)NC(C)C. The molecule has 0 saturated heterocycles. The Morgan fingerprint density at radius 3 is 2.60 bits per heavy atom. The van der Waals surface area contributed by atoms with Crippen LogP contribution in [-0.2, 0) is 0 Å². The summed E-state index contributed by atoms with van der Waals surface area (Å²) < 4.78 is 0. The first kappa shape index (κ1) is 11.9. The van der Waals surface area contributed by atoms with Gasteiger partial charge in [0.05, 0.1) is 0 Å². The number of benzene rings is 1. The third-order valence-corrected chi connectivity index (χ3v) is 2.09. The summed E-state index contributed by atoms with van der Waals surface area (Å²) in [7, 11) is 0. The van der Waals surface area contributed by atoms with Crippen LogP contribution in [0.25, 0.3) is 0 Å². The number of urea groups is 1. The maximum absolute atomic E-state index is 11.4. The minimum Gasteiger partial charge on any atom is -0.336 e. The molecule has 0 heterocycles. The number of aryl methyl sites for hydroxylation is 1. The van der Waals surface area contributed by atoms with E-state index < -0.39 is 0 Å². The lowest BCUT2D eigenvalue weighted by Crippen LogP contribution is -2.34. The molecule has 0 saturated carbocycles. The van der Waals surface area contributed by atoms with Crippen LogP contribution in [0.3, 0.4) is 0 Å². The fourth-order valence-electron chi connectivity index (χ4n) is 1.19. The van der Waals surface area contributed by atoms with Crippen LogP contribution in [0.5, 0.6) is 0 Å². The molecule has 1 aromatic rings. The molecule has 15 heavy (non-hydrogen) atoms. The number of rotatable bonds is 2. The van der Waals surface area contributed by atoms with Crippen LogP contribution in [0, 0.1) is 6.92 Å². The van der Waals surface area contributed by atoms with Gasteiger partial charge in [0.25, 0.3) is 0 Å². The average Bonchev–Trinajstić information content (AvgIpc) is 2.08. The minimum atomic E-state index is -0.199. The molecule has 0 aromatic heterocycles. The Bertz CT molecular complexity index is 364. The molecule has 82 valence electrons. The first-order valence-corrected chi connectivity index (χ1v) is 5.20. The Morgan fingerprint density at radius 2 is 2.07 bits per heavy atom. The fourth-order valence-corrected chi connectivity index (χ4v) is 1.41. The third kappa shape index (κ3) is 3.80. The van der Waals surface area contributed by atoms with Gasteiger partial charge in [0.2, 0.25) is 0 Å². The summed E-state index contributed by atoms with van der Waals surface area (Å²) in [4.78, 5) is 11.4. The van der Waals surface area contributed by atoms with Crippen LogP contribution in [-0.4, -0.2) is 12.1 Å². The molecular formula is C11H15ClN2O. The van der Waals surface area contributed by atoms with Crippen LogP contribution in [0.15, 0.2) is 18.2 Å². The van der Waals surface area contributed by atoms with Crippen LogP contribution >= 0.6 is 11.6 Å². The largest absolute Gasteiger partial charge is 0.336 e. The maximum atomic E-state index is 11.4. The van der Waals surface area contributed by atoms with Gasteiger partial charge < -0.3 is 10.6 Å². The van der Waals surface area contributed by atoms with Gasteiger partial charge in [-0.3, -0.25) is 0 Å². The normalized spacial score (nSPS) is 10.2. The lowest BCUT2D eigenvalue weighted by Gasteiger charge is -2.11. The van der Waals surface area contributed by atoms with E-state index in [9.17, 15) is 4.79 Å². The molecule has 0 unspecified atom stereocenters. The zero-order chi connectivity index (χ0) is 11.4. The van der Waals surface area contributed by atoms with Gasteiger partial charge in [-0.1, -0.05) is 11.6 Å². The number of hydrogen-bond acceptors (Lipinski definition) is 1. The second-order valence-corrected chi connectivity index (χ2v) is 4.15. The number of amides is 2. The van der Waals surface area contributed by atoms with Crippen LogP contribution in [0.2, 0.25) is 5.02 Å². The number of hydrogen-bond donors (Lipinski definition) is 2. The highest BCUT2D eigenvalue weighted by Crippen LogP contribution is 2.19. The predicted octanol–water partition coefficient (Wildman–Crippen LogP) is 3.18. The Kier molecular flexibility index (Phi) is 3.97. The Morgan fingerprint density at radius 1 is 1.40 bits per heavy atom. The predicted molar refractivity (Wildman–Crippen MR) is 63.5 cm³/mol. The summed E-state index contributed by atoms with van der Waals surface area (Å²) in [6.45, 7) is 5.72. The highest BCUT2D eigenvalue weighted by Gasteiger charge is 2.05. The monoisotopic (exact) mass is 226 g/mol. The Hall–Kier alpha value is -1.22. The number of carbonyl (C=O) groups excluding carboxylic acids is 1. The summed E-state index contributed by atoms with van der Waals surface area (Å²) in [5.74, 6) is 0. The summed E-state index contributed by atoms with van der Waals surface area (Å²) >= 11 is 5.81. The zero-order valence-electron chi connectivity index (χ0n) is 9.10. The van der Waals surface area contributed by atoms with Crippen molar-refractivity contribution in [2.75, 3.05) is 5.32 Å². The van der Waals surface area contributed by atoms with Gasteiger partial charge in [-0.2, -0.15) is 0 Å². The topological polar surface area (TPSA) is 41.1 Å². The van der Waals surface area contributed by atoms with Crippen molar-refractivity contribution in [3.63, 3.8) is 0 Å². The molecule has 4 heteroatoms. The smallest absolute Gasteiger partial charge is 0.319 e. The van der Waals surface area contributed by atoms with E-state index >= 15 is 0 Å². The summed E-state index contributed by atoms with van der Waals surface area (Å²) in [5, 5.41) is 6.18. The van der Waals surface area contributed by atoms with E-state index in [1.165, 1.54) is 0 Å². The summed E-state index contributed by atoms with van der Waals surface area (Å²) in [6, 6.07) is 5.27. The molecule has 3 nitrogen and oxygen atoms in total. The standard InChI is InChI=1S/C11H15ClN2O/c1-7(2)13-11(15)14-10-5-4-9(12)6-8(10)3/h4-7H,1-3H3,(H2,13,14,15). The van der Waals surface area contributed by atoms with E-state index in [0.29, 0.717) is 5.02 Å². The van der Waals surface area contributed by atoms with Crippen LogP contribution in [0.4, 0.5) is 10.5 Å². The summed E-state index contributed by atoms with van der Waals surface area (Å²) in [6.07, 6.45) is 0. The number of carbonyl (C=O) groups is 1. The molecule has 2 N–H and O–H groups in total. The molecule has 0 atom stereocenters. The van der Waals surface area contributed by atoms with E-state index in [4.69, 9.17) is 11.6 Å². The maximum Gasteiger partial charge on any atom is 0.319 e. The first-order chi connectivity index (χ1) is 6.99. The van der Waals surface area contributed by atoms with Gasteiger partial charge >= 0.3 is 6.03 Å². The van der Waals surface area contributed by atoms with Crippen LogP contribution < -0.4 is 10.6 Å². The molecule has 0 aliphatic rings. The Labute approximate surface area is 94.8 Å². The second-order valence-electron chi connectivity index (χ2n) is 3.71. The Balaban J connectivity index is 2.68. The molecule has 0 bridgehead atoms. The average molecular weight is 227 g/mol. The van der Waals surface area contributed by atoms with Crippen LogP contribution in [0.1, 0.15) is 19.4 Å². The van der Waals surface area contributed by atoms with Crippen molar-refractivity contribution in [2.24, 2.45) is 0 Å². The molecule has 1 rings (SSSR count). The van der Waals surface area contributed by atoms with Crippen molar-refractivity contribution in [3.05, 3.63) is 28.8 Å². The minimum absolute atomic E-state index is 0.123. The highest BCUT2D eigenvalue weighted by atomic mass is 35.5. The molecule has 2 amide bonds. The number of anilines is 1. The van der Waals surface area contributed by atoms with Gasteiger partial charge in [-0.05, 0) is 44.5 Å². The molecule has 0 fully saturated rings. The van der Waals surface area contributed by atoms with Crippen molar-refractivity contribution in [1.29, 1.82) is 0 Å². The van der Waals surface area contributed by atoms with Gasteiger partial charge in [-0.25, -0.2) is 4.79 Å². The molecule has 0 spiro atoms. The van der Waals surface area contributed by atoms with E-state index in [1.807, 2.05) is 26.8 Å². The van der Waals surface area contributed by atoms with Gasteiger partial charge in [0, 0.05) is 16.8 Å². The lowest BCUT2D eigenvalue weighted by molar-refractivity contribution is 0.250. The third-order valence-electron chi connectivity index (χ3n) is 1.86. The fraction of sp³-hybridized carbons (Fsp3) is 0.364. The van der Waals surface area contributed by atoms with Crippen molar-refractivity contribution >= 4 is 23.3 Å². The first-order valence-electron chi connectivity index (χ1n) is 4.82. The number of halogens is 1. The highest BCUT2D eigenvalue weighted by molar-refractivity contribution is 6.30. The zero-order valence-corrected chi connectivity index (χ0v) is 9.85. The van der Waals surface area contributed by atoms with Gasteiger partial charge in [0.1, 0.15) is 0 Å². The van der Waals surface area contributed by atoms with Crippen molar-refractivity contribution < 1.29 is 4.79 Å². The van der Waals surface area contributed by atoms with Gasteiger partial charge in [-0.15, -0.1) is 0 Å². The van der Waals surface area contributed by atoms with Crippen molar-refractivity contribution in [2.45, 2.75) is 26.8 Å². The van der Waals surface area contributed by atoms with E-state index in [-0.39, 0.29) is 12.1 Å². The second kappa shape index (κ2) is 5.03. The molecule has 1 aromatic carbocycles. The van der Waals surface area contributed by atoms with Crippen molar-refractivity contribution in [1.82, 2.24) is 5.32 Å². The summed E-state index contributed by atoms with van der Waals surface area (Å²) in [5.41, 5.74) is 1.72. The van der Waals surface area contributed by atoms with E-state index in [2.05, 4.69) is 10.6 Å². The number of nitrogens with one attached hydrogen (secondary N) is 2. The molecule has 0 aliphatic carbocycles. The van der Waals surface area contributed by atoms with E-state index in [1.54, 1.807) is 12.1 Å². The molecule has 0 radical (unpaired) electrons. The lowest BCUT2D eigenvalue weighted by atomic mass is 10.2. The quantitative estimate of drug-likeness (QED) is 0.799. The van der Waals surface area contributed by atoms with Gasteiger partial charge in [0.15, 0.2) is 0 Å².